The van der Waals surface area contributed by atoms with Gasteiger partial charge < -0.3 is 15.2 Å². The molecular formula is C25H24F3NO3S. The van der Waals surface area contributed by atoms with Crippen LogP contribution in [0.15, 0.2) is 60.7 Å². The third-order valence-corrected chi connectivity index (χ3v) is 6.96. The number of carboxylic acid groups (broad SMARTS) is 1. The molecule has 0 bridgehead atoms. The average molecular weight is 476 g/mol. The van der Waals surface area contributed by atoms with Gasteiger partial charge in [-0.2, -0.15) is 13.2 Å². The number of nitrogens with one attached hydrogen (secondary N) is 1. The van der Waals surface area contributed by atoms with Crippen molar-refractivity contribution in [2.45, 2.75) is 44.6 Å². The van der Waals surface area contributed by atoms with Gasteiger partial charge in [-0.25, -0.2) is 0 Å². The van der Waals surface area contributed by atoms with Crippen LogP contribution in [0.3, 0.4) is 0 Å². The third-order valence-electron chi connectivity index (χ3n) is 5.81. The second-order valence-electron chi connectivity index (χ2n) is 8.18. The van der Waals surface area contributed by atoms with E-state index in [1.807, 2.05) is 12.1 Å². The maximum atomic E-state index is 13.5. The molecule has 0 unspecified atom stereocenters. The van der Waals surface area contributed by atoms with E-state index < -0.39 is 17.0 Å². The lowest BCUT2D eigenvalue weighted by Crippen LogP contribution is -2.26. The maximum absolute atomic E-state index is 13.5. The van der Waals surface area contributed by atoms with Crippen molar-refractivity contribution in [3.05, 3.63) is 76.0 Å². The van der Waals surface area contributed by atoms with E-state index in [9.17, 15) is 18.0 Å². The molecule has 2 atom stereocenters. The highest BCUT2D eigenvalue weighted by molar-refractivity contribution is 7.12. The molecule has 33 heavy (non-hydrogen) atoms. The molecule has 1 aliphatic carbocycles. The second-order valence-corrected chi connectivity index (χ2v) is 9.31. The Labute approximate surface area is 194 Å². The van der Waals surface area contributed by atoms with Gasteiger partial charge in [0.05, 0.1) is 5.92 Å². The fourth-order valence-electron chi connectivity index (χ4n) is 4.07. The number of carboxylic acids is 1. The molecule has 3 aromatic rings. The van der Waals surface area contributed by atoms with E-state index in [0.29, 0.717) is 46.9 Å². The number of carbonyl (C=O) groups is 1. The number of ether oxygens (including phenoxy) is 1. The summed E-state index contributed by atoms with van der Waals surface area (Å²) in [4.78, 5) is 10.9. The lowest BCUT2D eigenvalue weighted by Gasteiger charge is -2.13. The molecule has 8 heteroatoms. The summed E-state index contributed by atoms with van der Waals surface area (Å²) in [7, 11) is 0. The standard InChI is InChI=1S/C25H24F3NO3S/c26-25(27,28)23-22(17-4-2-1-3-5-17)13-21(33-23)15-32-20-10-6-16(7-11-20)14-29-19-9-8-18(12-19)24(30)31/h1-7,10-11,13,18-19,29H,8-9,12,14-15H2,(H,30,31)/t18-,19+/m1/s1. The summed E-state index contributed by atoms with van der Waals surface area (Å²) in [6.45, 7) is 0.675. The molecule has 1 saturated carbocycles. The van der Waals surface area contributed by atoms with Gasteiger partial charge >= 0.3 is 12.1 Å². The van der Waals surface area contributed by atoms with Crippen LogP contribution in [0.5, 0.6) is 5.75 Å². The van der Waals surface area contributed by atoms with Crippen LogP contribution in [-0.2, 0) is 24.1 Å². The molecule has 174 valence electrons. The van der Waals surface area contributed by atoms with Crippen molar-refractivity contribution in [2.75, 3.05) is 0 Å². The highest BCUT2D eigenvalue weighted by Gasteiger charge is 2.36. The fraction of sp³-hybridized carbons (Fsp3) is 0.320. The van der Waals surface area contributed by atoms with Crippen molar-refractivity contribution in [3.63, 3.8) is 0 Å². The van der Waals surface area contributed by atoms with Gasteiger partial charge in [-0.3, -0.25) is 4.79 Å². The number of hydrogen-bond acceptors (Lipinski definition) is 4. The van der Waals surface area contributed by atoms with Gasteiger partial charge in [-0.05, 0) is 48.6 Å². The first kappa shape index (κ1) is 23.3. The van der Waals surface area contributed by atoms with Crippen molar-refractivity contribution in [2.24, 2.45) is 5.92 Å². The Balaban J connectivity index is 1.35. The van der Waals surface area contributed by atoms with E-state index in [-0.39, 0.29) is 24.1 Å². The van der Waals surface area contributed by atoms with Crippen LogP contribution in [0.25, 0.3) is 11.1 Å². The fourth-order valence-corrected chi connectivity index (χ4v) is 5.03. The molecule has 0 radical (unpaired) electrons. The van der Waals surface area contributed by atoms with Gasteiger partial charge in [0.1, 0.15) is 17.2 Å². The molecule has 0 amide bonds. The predicted molar refractivity (Wildman–Crippen MR) is 121 cm³/mol. The SMILES string of the molecule is O=C(O)[C@@H]1CC[C@H](NCc2ccc(OCc3cc(-c4ccccc4)c(C(F)(F)F)s3)cc2)C1. The van der Waals surface area contributed by atoms with Crippen molar-refractivity contribution < 1.29 is 27.8 Å². The van der Waals surface area contributed by atoms with Gasteiger partial charge in [0.25, 0.3) is 0 Å². The first-order valence-corrected chi connectivity index (χ1v) is 11.5. The zero-order valence-electron chi connectivity index (χ0n) is 17.8. The van der Waals surface area contributed by atoms with E-state index in [0.717, 1.165) is 12.0 Å². The zero-order chi connectivity index (χ0) is 23.4. The minimum atomic E-state index is -4.42. The van der Waals surface area contributed by atoms with Crippen LogP contribution in [0.2, 0.25) is 0 Å². The van der Waals surface area contributed by atoms with E-state index >= 15 is 0 Å². The molecule has 4 rings (SSSR count). The smallest absolute Gasteiger partial charge is 0.426 e. The Morgan fingerprint density at radius 2 is 1.82 bits per heavy atom. The second kappa shape index (κ2) is 9.97. The van der Waals surface area contributed by atoms with Crippen molar-refractivity contribution in [1.29, 1.82) is 0 Å². The van der Waals surface area contributed by atoms with E-state index in [4.69, 9.17) is 9.84 Å². The summed E-state index contributed by atoms with van der Waals surface area (Å²) in [5.74, 6) is -0.422. The zero-order valence-corrected chi connectivity index (χ0v) is 18.6. The molecule has 0 aliphatic heterocycles. The summed E-state index contributed by atoms with van der Waals surface area (Å²) in [6.07, 6.45) is -2.23. The van der Waals surface area contributed by atoms with Gasteiger partial charge in [0, 0.05) is 23.0 Å². The largest absolute Gasteiger partial charge is 0.488 e. The number of rotatable bonds is 8. The normalized spacial score (nSPS) is 18.4. The molecule has 1 fully saturated rings. The number of benzene rings is 2. The Hall–Kier alpha value is -2.84. The van der Waals surface area contributed by atoms with Gasteiger partial charge in [0.15, 0.2) is 0 Å². The molecule has 2 aromatic carbocycles. The average Bonchev–Trinajstić information content (AvgIpc) is 3.45. The predicted octanol–water partition coefficient (Wildman–Crippen LogP) is 6.36. The minimum absolute atomic E-state index is 0.0524. The van der Waals surface area contributed by atoms with Gasteiger partial charge in [0.2, 0.25) is 0 Å². The van der Waals surface area contributed by atoms with E-state index in [2.05, 4.69) is 5.32 Å². The van der Waals surface area contributed by atoms with Crippen LogP contribution in [-0.4, -0.2) is 17.1 Å². The first-order valence-electron chi connectivity index (χ1n) is 10.7. The van der Waals surface area contributed by atoms with Gasteiger partial charge in [-0.15, -0.1) is 11.3 Å². The van der Waals surface area contributed by atoms with Gasteiger partial charge in [-0.1, -0.05) is 42.5 Å². The molecule has 0 saturated heterocycles. The highest BCUT2D eigenvalue weighted by Crippen LogP contribution is 2.43. The van der Waals surface area contributed by atoms with Crippen LogP contribution < -0.4 is 10.1 Å². The third kappa shape index (κ3) is 5.94. The van der Waals surface area contributed by atoms with Crippen LogP contribution in [0, 0.1) is 5.92 Å². The Morgan fingerprint density at radius 1 is 1.09 bits per heavy atom. The van der Waals surface area contributed by atoms with E-state index in [1.54, 1.807) is 48.5 Å². The highest BCUT2D eigenvalue weighted by atomic mass is 32.1. The van der Waals surface area contributed by atoms with Crippen LogP contribution in [0.4, 0.5) is 13.2 Å². The lowest BCUT2D eigenvalue weighted by molar-refractivity contribution is -0.141. The van der Waals surface area contributed by atoms with E-state index in [1.165, 1.54) is 0 Å². The molecule has 2 N–H and O–H groups in total. The minimum Gasteiger partial charge on any atom is -0.488 e. The number of aliphatic carboxylic acids is 1. The molecule has 1 aliphatic rings. The summed E-state index contributed by atoms with van der Waals surface area (Å²) in [6, 6.07) is 17.7. The summed E-state index contributed by atoms with van der Waals surface area (Å²) >= 11 is 0.706. The Morgan fingerprint density at radius 3 is 2.45 bits per heavy atom. The molecule has 1 aromatic heterocycles. The Bertz CT molecular complexity index is 1080. The monoisotopic (exact) mass is 475 g/mol. The number of alkyl halides is 3. The number of hydrogen-bond donors (Lipinski definition) is 2. The summed E-state index contributed by atoms with van der Waals surface area (Å²) < 4.78 is 46.3. The molecule has 1 heterocycles. The quantitative estimate of drug-likeness (QED) is 0.398. The topological polar surface area (TPSA) is 58.6 Å². The lowest BCUT2D eigenvalue weighted by atomic mass is 10.1. The number of halogens is 3. The molecular weight excluding hydrogens is 451 g/mol. The Kier molecular flexibility index (Phi) is 7.05. The first-order chi connectivity index (χ1) is 15.8. The summed E-state index contributed by atoms with van der Waals surface area (Å²) in [5.41, 5.74) is 1.73. The maximum Gasteiger partial charge on any atom is 0.426 e. The number of thiophene rings is 1. The van der Waals surface area contributed by atoms with Crippen LogP contribution >= 0.6 is 11.3 Å². The van der Waals surface area contributed by atoms with Crippen LogP contribution in [0.1, 0.15) is 34.6 Å². The molecule has 4 nitrogen and oxygen atoms in total. The summed E-state index contributed by atoms with van der Waals surface area (Å²) in [5, 5.41) is 12.5. The van der Waals surface area contributed by atoms with Crippen molar-refractivity contribution in [3.8, 4) is 16.9 Å². The molecule has 0 spiro atoms. The van der Waals surface area contributed by atoms with Crippen molar-refractivity contribution >= 4 is 17.3 Å². The van der Waals surface area contributed by atoms with Crippen molar-refractivity contribution in [1.82, 2.24) is 5.32 Å².